The zero-order valence-corrected chi connectivity index (χ0v) is 17.1. The first-order valence-corrected chi connectivity index (χ1v) is 9.53. The predicted octanol–water partition coefficient (Wildman–Crippen LogP) is 3.19. The quantitative estimate of drug-likeness (QED) is 0.467. The average molecular weight is 368 g/mol. The SMILES string of the molecule is Cc1cc(OCCCNCCC(C)(C)OCCC(C)(C)O)ccc1CO. The van der Waals surface area contributed by atoms with Crippen molar-refractivity contribution in [3.63, 3.8) is 0 Å². The van der Waals surface area contributed by atoms with Gasteiger partial charge >= 0.3 is 0 Å². The zero-order chi connectivity index (χ0) is 19.6. The molecule has 150 valence electrons. The standard InChI is InChI=1S/C21H37NO4/c1-17-15-19(8-7-18(17)16-23)25-13-6-11-22-12-9-21(4,5)26-14-10-20(2,3)24/h7-8,15,22-24H,6,9-14,16H2,1-5H3. The number of nitrogens with one attached hydrogen (secondary N) is 1. The summed E-state index contributed by atoms with van der Waals surface area (Å²) in [7, 11) is 0. The lowest BCUT2D eigenvalue weighted by Gasteiger charge is -2.27. The highest BCUT2D eigenvalue weighted by Gasteiger charge is 2.20. The van der Waals surface area contributed by atoms with Crippen molar-refractivity contribution < 1.29 is 19.7 Å². The fourth-order valence-electron chi connectivity index (χ4n) is 2.49. The van der Waals surface area contributed by atoms with Gasteiger partial charge in [-0.2, -0.15) is 0 Å². The fourth-order valence-corrected chi connectivity index (χ4v) is 2.49. The van der Waals surface area contributed by atoms with Gasteiger partial charge in [-0.25, -0.2) is 0 Å². The zero-order valence-electron chi connectivity index (χ0n) is 17.1. The molecule has 0 aliphatic heterocycles. The Morgan fingerprint density at radius 2 is 1.77 bits per heavy atom. The van der Waals surface area contributed by atoms with E-state index in [0.29, 0.717) is 19.6 Å². The van der Waals surface area contributed by atoms with Crippen LogP contribution in [0.1, 0.15) is 58.1 Å². The highest BCUT2D eigenvalue weighted by molar-refractivity contribution is 5.34. The number of hydrogen-bond acceptors (Lipinski definition) is 5. The average Bonchev–Trinajstić information content (AvgIpc) is 2.52. The van der Waals surface area contributed by atoms with Crippen LogP contribution in [0.5, 0.6) is 5.75 Å². The second-order valence-corrected chi connectivity index (χ2v) is 8.12. The van der Waals surface area contributed by atoms with E-state index in [2.05, 4.69) is 19.2 Å². The summed E-state index contributed by atoms with van der Waals surface area (Å²) in [5.74, 6) is 0.848. The molecule has 0 amide bonds. The van der Waals surface area contributed by atoms with Gasteiger partial charge in [-0.1, -0.05) is 6.07 Å². The van der Waals surface area contributed by atoms with Crippen molar-refractivity contribution in [1.82, 2.24) is 5.32 Å². The molecule has 3 N–H and O–H groups in total. The Kier molecular flexibility index (Phi) is 9.58. The van der Waals surface area contributed by atoms with Crippen molar-refractivity contribution in [1.29, 1.82) is 0 Å². The Labute approximate surface area is 158 Å². The predicted molar refractivity (Wildman–Crippen MR) is 106 cm³/mol. The molecule has 1 aromatic rings. The molecule has 0 heterocycles. The Morgan fingerprint density at radius 1 is 1.04 bits per heavy atom. The summed E-state index contributed by atoms with van der Waals surface area (Å²) >= 11 is 0. The van der Waals surface area contributed by atoms with E-state index < -0.39 is 5.60 Å². The first-order valence-electron chi connectivity index (χ1n) is 9.53. The molecule has 0 aromatic heterocycles. The van der Waals surface area contributed by atoms with E-state index in [1.54, 1.807) is 13.8 Å². The first-order chi connectivity index (χ1) is 12.1. The minimum atomic E-state index is -0.675. The van der Waals surface area contributed by atoms with Crippen LogP contribution in [0.25, 0.3) is 0 Å². The van der Waals surface area contributed by atoms with Crippen LogP contribution in [0, 0.1) is 6.92 Å². The molecule has 0 aliphatic carbocycles. The molecule has 0 spiro atoms. The second-order valence-electron chi connectivity index (χ2n) is 8.12. The van der Waals surface area contributed by atoms with E-state index >= 15 is 0 Å². The van der Waals surface area contributed by atoms with E-state index in [9.17, 15) is 10.2 Å². The van der Waals surface area contributed by atoms with Gasteiger partial charge in [0.1, 0.15) is 5.75 Å². The third kappa shape index (κ3) is 10.1. The number of aliphatic hydroxyl groups excluding tert-OH is 1. The normalized spacial score (nSPS) is 12.4. The topological polar surface area (TPSA) is 71.0 Å². The molecule has 0 saturated heterocycles. The second kappa shape index (κ2) is 10.9. The highest BCUT2D eigenvalue weighted by atomic mass is 16.5. The van der Waals surface area contributed by atoms with Crippen molar-refractivity contribution in [2.75, 3.05) is 26.3 Å². The van der Waals surface area contributed by atoms with E-state index in [0.717, 1.165) is 42.8 Å². The van der Waals surface area contributed by atoms with Crippen LogP contribution in [0.15, 0.2) is 18.2 Å². The molecular weight excluding hydrogens is 330 g/mol. The number of aryl methyl sites for hydroxylation is 1. The van der Waals surface area contributed by atoms with E-state index in [1.807, 2.05) is 25.1 Å². The van der Waals surface area contributed by atoms with Gasteiger partial charge in [-0.15, -0.1) is 0 Å². The molecule has 5 nitrogen and oxygen atoms in total. The van der Waals surface area contributed by atoms with Crippen molar-refractivity contribution in [3.8, 4) is 5.75 Å². The van der Waals surface area contributed by atoms with E-state index in [-0.39, 0.29) is 12.2 Å². The van der Waals surface area contributed by atoms with E-state index in [1.165, 1.54) is 0 Å². The molecule has 0 saturated carbocycles. The molecule has 0 radical (unpaired) electrons. The van der Waals surface area contributed by atoms with Gasteiger partial charge in [0.05, 0.1) is 31.0 Å². The lowest BCUT2D eigenvalue weighted by molar-refractivity contribution is -0.0494. The number of hydrogen-bond donors (Lipinski definition) is 3. The summed E-state index contributed by atoms with van der Waals surface area (Å²) in [5, 5.41) is 22.3. The van der Waals surface area contributed by atoms with Crippen LogP contribution in [0.3, 0.4) is 0 Å². The number of rotatable bonds is 13. The van der Waals surface area contributed by atoms with Gasteiger partial charge in [0.15, 0.2) is 0 Å². The van der Waals surface area contributed by atoms with Gasteiger partial charge in [-0.05, 0) is 90.2 Å². The Morgan fingerprint density at radius 3 is 2.38 bits per heavy atom. The Balaban J connectivity index is 2.10. The van der Waals surface area contributed by atoms with Gasteiger partial charge in [0.25, 0.3) is 0 Å². The van der Waals surface area contributed by atoms with Crippen LogP contribution in [-0.4, -0.2) is 47.7 Å². The van der Waals surface area contributed by atoms with Crippen LogP contribution in [0.4, 0.5) is 0 Å². The van der Waals surface area contributed by atoms with Crippen molar-refractivity contribution in [2.24, 2.45) is 0 Å². The third-order valence-electron chi connectivity index (χ3n) is 4.36. The minimum absolute atomic E-state index is 0.0633. The summed E-state index contributed by atoms with van der Waals surface area (Å²) in [6, 6.07) is 5.77. The third-order valence-corrected chi connectivity index (χ3v) is 4.36. The maximum atomic E-state index is 9.72. The summed E-state index contributed by atoms with van der Waals surface area (Å²) in [6.45, 7) is 12.8. The molecule has 0 bridgehead atoms. The molecule has 1 aromatic carbocycles. The Bertz CT molecular complexity index is 523. The summed E-state index contributed by atoms with van der Waals surface area (Å²) in [6.07, 6.45) is 2.49. The van der Waals surface area contributed by atoms with Crippen LogP contribution in [0.2, 0.25) is 0 Å². The van der Waals surface area contributed by atoms with Crippen LogP contribution >= 0.6 is 0 Å². The maximum Gasteiger partial charge on any atom is 0.119 e. The van der Waals surface area contributed by atoms with Gasteiger partial charge in [0.2, 0.25) is 0 Å². The van der Waals surface area contributed by atoms with Gasteiger partial charge in [-0.3, -0.25) is 0 Å². The van der Waals surface area contributed by atoms with Crippen molar-refractivity contribution in [3.05, 3.63) is 29.3 Å². The molecule has 0 unspecified atom stereocenters. The van der Waals surface area contributed by atoms with E-state index in [4.69, 9.17) is 9.47 Å². The summed E-state index contributed by atoms with van der Waals surface area (Å²) in [5.41, 5.74) is 1.12. The molecular formula is C21H37NO4. The number of aliphatic hydroxyl groups is 2. The molecule has 5 heteroatoms. The lowest BCUT2D eigenvalue weighted by atomic mass is 10.0. The van der Waals surface area contributed by atoms with Crippen LogP contribution < -0.4 is 10.1 Å². The number of benzene rings is 1. The smallest absolute Gasteiger partial charge is 0.119 e. The number of ether oxygens (including phenoxy) is 2. The van der Waals surface area contributed by atoms with Crippen molar-refractivity contribution in [2.45, 2.75) is 71.7 Å². The molecule has 1 rings (SSSR count). The first kappa shape index (κ1) is 22.9. The molecule has 26 heavy (non-hydrogen) atoms. The van der Waals surface area contributed by atoms with Gasteiger partial charge < -0.3 is 25.0 Å². The highest BCUT2D eigenvalue weighted by Crippen LogP contribution is 2.18. The molecule has 0 fully saturated rings. The molecule has 0 aliphatic rings. The monoisotopic (exact) mass is 367 g/mol. The van der Waals surface area contributed by atoms with Crippen LogP contribution in [-0.2, 0) is 11.3 Å². The lowest BCUT2D eigenvalue weighted by Crippen LogP contribution is -2.32. The van der Waals surface area contributed by atoms with Gasteiger partial charge in [0, 0.05) is 0 Å². The fraction of sp³-hybridized carbons (Fsp3) is 0.714. The minimum Gasteiger partial charge on any atom is -0.494 e. The largest absolute Gasteiger partial charge is 0.494 e. The molecule has 0 atom stereocenters. The summed E-state index contributed by atoms with van der Waals surface area (Å²) < 4.78 is 11.6. The maximum absolute atomic E-state index is 9.72. The Hall–Kier alpha value is -1.14. The summed E-state index contributed by atoms with van der Waals surface area (Å²) in [4.78, 5) is 0. The van der Waals surface area contributed by atoms with Crippen molar-refractivity contribution >= 4 is 0 Å².